The number of fused-ring (bicyclic) bond motifs is 2. The molecule has 1 saturated heterocycles. The number of carbonyl (C=O) groups is 3. The van der Waals surface area contributed by atoms with Gasteiger partial charge in [-0.3, -0.25) is 24.5 Å². The van der Waals surface area contributed by atoms with Crippen LogP contribution in [0.3, 0.4) is 0 Å². The summed E-state index contributed by atoms with van der Waals surface area (Å²) in [6.45, 7) is 6.86. The fourth-order valence-corrected chi connectivity index (χ4v) is 4.53. The predicted molar refractivity (Wildman–Crippen MR) is 138 cm³/mol. The first-order chi connectivity index (χ1) is 17.6. The number of piperidine rings is 1. The van der Waals surface area contributed by atoms with E-state index in [1.165, 1.54) is 6.20 Å². The number of rotatable bonds is 4. The molecular formula is C28H28N4O5. The van der Waals surface area contributed by atoms with Gasteiger partial charge in [0.2, 0.25) is 5.91 Å². The molecule has 3 amide bonds. The molecule has 3 heterocycles. The van der Waals surface area contributed by atoms with Gasteiger partial charge in [0.25, 0.3) is 17.4 Å². The maximum absolute atomic E-state index is 13.0. The van der Waals surface area contributed by atoms with Gasteiger partial charge in [0.05, 0.1) is 17.2 Å². The summed E-state index contributed by atoms with van der Waals surface area (Å²) in [6.07, 6.45) is 3.78. The molecule has 1 unspecified atom stereocenters. The van der Waals surface area contributed by atoms with Gasteiger partial charge < -0.3 is 10.1 Å². The van der Waals surface area contributed by atoms with Gasteiger partial charge in [-0.15, -0.1) is 0 Å². The van der Waals surface area contributed by atoms with E-state index in [0.29, 0.717) is 16.3 Å². The molecule has 1 atom stereocenters. The third kappa shape index (κ3) is 4.89. The van der Waals surface area contributed by atoms with Crippen molar-refractivity contribution in [1.82, 2.24) is 20.4 Å². The SMILES string of the molecule is CC(C)(C)c1ccc2c(c1)C=C(C(=O)NCc1ccc3c(=O)n(C4CCC(=O)NC4=O)ncc3c1)CO2. The fraction of sp³-hybridized carbons (Fsp3) is 0.321. The minimum Gasteiger partial charge on any atom is -0.488 e. The number of carbonyl (C=O) groups excluding carboxylic acids is 3. The number of benzene rings is 2. The van der Waals surface area contributed by atoms with Crippen LogP contribution in [0.1, 0.15) is 56.3 Å². The maximum atomic E-state index is 13.0. The Hall–Kier alpha value is -4.27. The first kappa shape index (κ1) is 24.4. The zero-order valence-electron chi connectivity index (χ0n) is 21.0. The number of aromatic nitrogens is 2. The molecule has 1 fully saturated rings. The smallest absolute Gasteiger partial charge is 0.275 e. The highest BCUT2D eigenvalue weighted by atomic mass is 16.5. The fourth-order valence-electron chi connectivity index (χ4n) is 4.53. The molecule has 2 N–H and O–H groups in total. The molecule has 2 aliphatic rings. The Morgan fingerprint density at radius 3 is 2.73 bits per heavy atom. The van der Waals surface area contributed by atoms with Crippen molar-refractivity contribution in [3.8, 4) is 5.75 Å². The van der Waals surface area contributed by atoms with Gasteiger partial charge in [-0.25, -0.2) is 4.68 Å². The topological polar surface area (TPSA) is 119 Å². The number of nitrogens with zero attached hydrogens (tertiary/aromatic N) is 2. The molecule has 0 aliphatic carbocycles. The third-order valence-electron chi connectivity index (χ3n) is 6.71. The van der Waals surface area contributed by atoms with Gasteiger partial charge >= 0.3 is 0 Å². The molecule has 9 nitrogen and oxygen atoms in total. The van der Waals surface area contributed by atoms with E-state index in [4.69, 9.17) is 4.74 Å². The van der Waals surface area contributed by atoms with Crippen LogP contribution in [0.15, 0.2) is 53.0 Å². The molecule has 0 bridgehead atoms. The average Bonchev–Trinajstić information content (AvgIpc) is 2.87. The summed E-state index contributed by atoms with van der Waals surface area (Å²) in [7, 11) is 0. The lowest BCUT2D eigenvalue weighted by Gasteiger charge is -2.23. The molecule has 2 aliphatic heterocycles. The van der Waals surface area contributed by atoms with E-state index in [1.54, 1.807) is 18.2 Å². The normalized spacial score (nSPS) is 17.5. The highest BCUT2D eigenvalue weighted by Gasteiger charge is 2.30. The Morgan fingerprint density at radius 1 is 1.16 bits per heavy atom. The van der Waals surface area contributed by atoms with Crippen LogP contribution >= 0.6 is 0 Å². The third-order valence-corrected chi connectivity index (χ3v) is 6.71. The number of hydrogen-bond donors (Lipinski definition) is 2. The molecule has 190 valence electrons. The number of hydrogen-bond acceptors (Lipinski definition) is 6. The maximum Gasteiger partial charge on any atom is 0.275 e. The monoisotopic (exact) mass is 500 g/mol. The highest BCUT2D eigenvalue weighted by molar-refractivity contribution is 6.00. The van der Waals surface area contributed by atoms with Gasteiger partial charge in [-0.05, 0) is 53.3 Å². The van der Waals surface area contributed by atoms with Gasteiger partial charge in [-0.2, -0.15) is 5.10 Å². The Morgan fingerprint density at radius 2 is 1.97 bits per heavy atom. The summed E-state index contributed by atoms with van der Waals surface area (Å²) in [5, 5.41) is 10.4. The van der Waals surface area contributed by atoms with Gasteiger partial charge in [0, 0.05) is 23.9 Å². The minimum absolute atomic E-state index is 0.0151. The second-order valence-corrected chi connectivity index (χ2v) is 10.4. The van der Waals surface area contributed by atoms with Crippen LogP contribution in [-0.2, 0) is 26.3 Å². The quantitative estimate of drug-likeness (QED) is 0.532. The van der Waals surface area contributed by atoms with Crippen molar-refractivity contribution in [2.75, 3.05) is 6.61 Å². The van der Waals surface area contributed by atoms with Crippen LogP contribution in [-0.4, -0.2) is 34.1 Å². The zero-order valence-corrected chi connectivity index (χ0v) is 21.0. The van der Waals surface area contributed by atoms with Crippen LogP contribution in [0, 0.1) is 0 Å². The predicted octanol–water partition coefficient (Wildman–Crippen LogP) is 2.76. The van der Waals surface area contributed by atoms with E-state index < -0.39 is 17.5 Å². The van der Waals surface area contributed by atoms with Gasteiger partial charge in [0.15, 0.2) is 0 Å². The van der Waals surface area contributed by atoms with Crippen molar-refractivity contribution in [2.24, 2.45) is 0 Å². The first-order valence-electron chi connectivity index (χ1n) is 12.2. The van der Waals surface area contributed by atoms with Crippen molar-refractivity contribution >= 4 is 34.6 Å². The van der Waals surface area contributed by atoms with E-state index in [9.17, 15) is 19.2 Å². The van der Waals surface area contributed by atoms with Crippen molar-refractivity contribution < 1.29 is 19.1 Å². The Balaban J connectivity index is 1.31. The van der Waals surface area contributed by atoms with Crippen LogP contribution in [0.25, 0.3) is 16.8 Å². The molecule has 5 rings (SSSR count). The lowest BCUT2D eigenvalue weighted by molar-refractivity contribution is -0.136. The van der Waals surface area contributed by atoms with Crippen LogP contribution in [0.5, 0.6) is 5.75 Å². The summed E-state index contributed by atoms with van der Waals surface area (Å²) >= 11 is 0. The molecule has 0 spiro atoms. The summed E-state index contributed by atoms with van der Waals surface area (Å²) in [6, 6.07) is 10.4. The largest absolute Gasteiger partial charge is 0.488 e. The first-order valence-corrected chi connectivity index (χ1v) is 12.2. The number of nitrogens with one attached hydrogen (secondary N) is 2. The van der Waals surface area contributed by atoms with Crippen molar-refractivity contribution in [3.63, 3.8) is 0 Å². The van der Waals surface area contributed by atoms with E-state index in [2.05, 4.69) is 42.6 Å². The second kappa shape index (κ2) is 9.31. The van der Waals surface area contributed by atoms with E-state index in [0.717, 1.165) is 27.1 Å². The number of ether oxygens (including phenoxy) is 1. The van der Waals surface area contributed by atoms with Gasteiger partial charge in [-0.1, -0.05) is 32.9 Å². The molecule has 3 aromatic rings. The molecule has 1 aromatic heterocycles. The minimum atomic E-state index is -0.816. The van der Waals surface area contributed by atoms with E-state index in [-0.39, 0.29) is 43.2 Å². The lowest BCUT2D eigenvalue weighted by atomic mass is 9.85. The standard InChI is InChI=1S/C28H28N4O5/c1-28(2,3)20-5-8-23-17(12-20)11-19(15-37-23)25(34)29-13-16-4-6-21-18(10-16)14-30-32(27(21)36)22-7-9-24(33)31-26(22)35/h4-6,8,10-12,14,22H,7,9,13,15H2,1-3H3,(H,29,34)(H,31,33,35). The lowest BCUT2D eigenvalue weighted by Crippen LogP contribution is -2.45. The molecule has 0 saturated carbocycles. The zero-order chi connectivity index (χ0) is 26.3. The molecule has 9 heteroatoms. The van der Waals surface area contributed by atoms with Gasteiger partial charge in [0.1, 0.15) is 18.4 Å². The van der Waals surface area contributed by atoms with Crippen LogP contribution in [0.2, 0.25) is 0 Å². The van der Waals surface area contributed by atoms with Crippen LogP contribution in [0.4, 0.5) is 0 Å². The molecule has 0 radical (unpaired) electrons. The Bertz CT molecular complexity index is 1530. The number of amides is 3. The molecule has 37 heavy (non-hydrogen) atoms. The Kier molecular flexibility index (Phi) is 6.15. The number of imide groups is 1. The van der Waals surface area contributed by atoms with Crippen molar-refractivity contribution in [1.29, 1.82) is 0 Å². The summed E-state index contributed by atoms with van der Waals surface area (Å²) in [5.41, 5.74) is 2.96. The van der Waals surface area contributed by atoms with Crippen LogP contribution < -0.4 is 20.9 Å². The highest BCUT2D eigenvalue weighted by Crippen LogP contribution is 2.32. The van der Waals surface area contributed by atoms with E-state index >= 15 is 0 Å². The van der Waals surface area contributed by atoms with Crippen molar-refractivity contribution in [2.45, 2.75) is 51.6 Å². The Labute approximate surface area is 213 Å². The average molecular weight is 501 g/mol. The van der Waals surface area contributed by atoms with E-state index in [1.807, 2.05) is 18.2 Å². The molecular weight excluding hydrogens is 472 g/mol. The summed E-state index contributed by atoms with van der Waals surface area (Å²) in [4.78, 5) is 49.4. The summed E-state index contributed by atoms with van der Waals surface area (Å²) < 4.78 is 6.93. The summed E-state index contributed by atoms with van der Waals surface area (Å²) in [5.74, 6) is -0.341. The second-order valence-electron chi connectivity index (χ2n) is 10.4. The molecule has 2 aromatic carbocycles. The van der Waals surface area contributed by atoms with Crippen molar-refractivity contribution in [3.05, 3.63) is 75.2 Å².